The summed E-state index contributed by atoms with van der Waals surface area (Å²) in [5.41, 5.74) is 1.51. The minimum absolute atomic E-state index is 0. The average molecular weight is 213 g/mol. The molecule has 1 atom stereocenters. The maximum absolute atomic E-state index is 2.27. The van der Waals surface area contributed by atoms with Gasteiger partial charge in [-0.15, -0.1) is 12.4 Å². The van der Waals surface area contributed by atoms with Gasteiger partial charge in [0.2, 0.25) is 16.3 Å². The lowest BCUT2D eigenvalue weighted by atomic mass is 10.1. The van der Waals surface area contributed by atoms with Gasteiger partial charge in [-0.25, -0.2) is 0 Å². The second kappa shape index (κ2) is 7.45. The van der Waals surface area contributed by atoms with Crippen LogP contribution in [0.15, 0.2) is 30.3 Å². The van der Waals surface area contributed by atoms with E-state index in [9.17, 15) is 0 Å². The highest BCUT2D eigenvalue weighted by Crippen LogP contribution is 2.15. The van der Waals surface area contributed by atoms with Crippen molar-refractivity contribution in [1.82, 2.24) is 0 Å². The Morgan fingerprint density at radius 1 is 1.23 bits per heavy atom. The van der Waals surface area contributed by atoms with Crippen LogP contribution in [0.1, 0.15) is 25.3 Å². The van der Waals surface area contributed by atoms with E-state index in [-0.39, 0.29) is 12.4 Å². The molecule has 0 fully saturated rings. The first-order valence-electron chi connectivity index (χ1n) is 4.87. The molecule has 0 aliphatic carbocycles. The number of hydrogen-bond donors (Lipinski definition) is 0. The Hall–Kier alpha value is 0.0425. The van der Waals surface area contributed by atoms with Gasteiger partial charge in [0.25, 0.3) is 0 Å². The third-order valence-electron chi connectivity index (χ3n) is 2.21. The maximum Gasteiger partial charge on any atom is 0.216 e. The Labute approximate surface area is 95.6 Å². The Kier molecular flexibility index (Phi) is 7.47. The van der Waals surface area contributed by atoms with Gasteiger partial charge in [-0.1, -0.05) is 54.9 Å². The summed E-state index contributed by atoms with van der Waals surface area (Å²) in [7, 11) is 0. The lowest BCUT2D eigenvalue weighted by Crippen LogP contribution is -1.96. The van der Waals surface area contributed by atoms with Crippen LogP contribution >= 0.6 is 12.4 Å². The lowest BCUT2D eigenvalue weighted by molar-refractivity contribution is 0.715. The molecule has 0 aliphatic rings. The highest BCUT2D eigenvalue weighted by molar-refractivity contribution is 6.11. The fraction of sp³-hybridized carbons (Fsp3) is 0.455. The number of rotatable bonds is 4. The molecule has 0 radical (unpaired) electrons. The summed E-state index contributed by atoms with van der Waals surface area (Å²) in [6.45, 7) is 2.27. The monoisotopic (exact) mass is 212 g/mol. The highest BCUT2D eigenvalue weighted by Gasteiger charge is 2.01. The van der Waals surface area contributed by atoms with Crippen LogP contribution in [0, 0.1) is 0 Å². The van der Waals surface area contributed by atoms with Gasteiger partial charge < -0.3 is 0 Å². The fourth-order valence-electron chi connectivity index (χ4n) is 1.61. The van der Waals surface area contributed by atoms with Crippen LogP contribution in [-0.2, 0) is 6.42 Å². The summed E-state index contributed by atoms with van der Waals surface area (Å²) in [5, 5.41) is 0. The summed E-state index contributed by atoms with van der Waals surface area (Å²) in [5.74, 6) is 0. The molecule has 0 aliphatic heterocycles. The van der Waals surface area contributed by atoms with Crippen molar-refractivity contribution in [2.75, 3.05) is 0 Å². The molecule has 0 nitrogen and oxygen atoms in total. The average Bonchev–Trinajstić information content (AvgIpc) is 2.06. The number of hydrogen-bond acceptors (Lipinski definition) is 0. The van der Waals surface area contributed by atoms with E-state index in [1.807, 2.05) is 0 Å². The van der Waals surface area contributed by atoms with Crippen molar-refractivity contribution < 1.29 is 0 Å². The van der Waals surface area contributed by atoms with Crippen LogP contribution in [-0.4, -0.2) is 16.3 Å². The molecule has 0 saturated heterocycles. The molecule has 1 unspecified atom stereocenters. The fourth-order valence-corrected chi connectivity index (χ4v) is 2.66. The van der Waals surface area contributed by atoms with Crippen molar-refractivity contribution in [2.24, 2.45) is 0 Å². The van der Waals surface area contributed by atoms with Crippen LogP contribution in [0.4, 0.5) is 0 Å². The predicted octanol–water partition coefficient (Wildman–Crippen LogP) is 2.87. The molecule has 0 spiro atoms. The highest BCUT2D eigenvalue weighted by atomic mass is 35.5. The first-order valence-corrected chi connectivity index (χ1v) is 6.02. The van der Waals surface area contributed by atoms with E-state index in [4.69, 9.17) is 0 Å². The zero-order valence-electron chi connectivity index (χ0n) is 8.49. The molecule has 0 bridgehead atoms. The minimum atomic E-state index is 0. The molecule has 1 aromatic carbocycles. The van der Waals surface area contributed by atoms with Crippen LogP contribution < -0.4 is 0 Å². The van der Waals surface area contributed by atoms with Gasteiger partial charge >= 0.3 is 0 Å². The van der Waals surface area contributed by atoms with Crippen molar-refractivity contribution in [1.29, 1.82) is 0 Å². The third-order valence-corrected chi connectivity index (χ3v) is 3.19. The Bertz CT molecular complexity index is 211. The van der Waals surface area contributed by atoms with Gasteiger partial charge in [-0.3, -0.25) is 0 Å². The van der Waals surface area contributed by atoms with E-state index in [0.717, 1.165) is 4.78 Å². The molecular weight excluding hydrogens is 195 g/mol. The Morgan fingerprint density at radius 2 is 1.85 bits per heavy atom. The molecule has 0 amide bonds. The molecule has 0 heterocycles. The van der Waals surface area contributed by atoms with Gasteiger partial charge in [0.05, 0.1) is 0 Å². The van der Waals surface area contributed by atoms with E-state index >= 15 is 0 Å². The second-order valence-electron chi connectivity index (χ2n) is 3.58. The zero-order chi connectivity index (χ0) is 8.81. The molecule has 0 N–H and O–H groups in total. The normalized spacial score (nSPS) is 11.8. The van der Waals surface area contributed by atoms with Gasteiger partial charge in [-0.2, -0.15) is 0 Å². The van der Waals surface area contributed by atoms with Gasteiger partial charge in [0.15, 0.2) is 0 Å². The van der Waals surface area contributed by atoms with Crippen molar-refractivity contribution in [3.05, 3.63) is 35.9 Å². The van der Waals surface area contributed by atoms with Crippen molar-refractivity contribution in [3.63, 3.8) is 0 Å². The van der Waals surface area contributed by atoms with Crippen LogP contribution in [0.2, 0.25) is 4.78 Å². The van der Waals surface area contributed by atoms with Gasteiger partial charge in [-0.05, 0) is 12.0 Å². The topological polar surface area (TPSA) is 0 Å². The maximum atomic E-state index is 2.27. The van der Waals surface area contributed by atoms with Gasteiger partial charge in [0.1, 0.15) is 0 Å². The minimum Gasteiger partial charge on any atom is -0.147 e. The van der Waals surface area contributed by atoms with E-state index in [2.05, 4.69) is 37.3 Å². The van der Waals surface area contributed by atoms with Crippen molar-refractivity contribution in [2.45, 2.75) is 31.0 Å². The number of halogens is 1. The molecule has 1 aromatic rings. The quantitative estimate of drug-likeness (QED) is 0.674. The van der Waals surface area contributed by atoms with Crippen LogP contribution in [0.5, 0.6) is 0 Å². The van der Waals surface area contributed by atoms with Gasteiger partial charge in [0, 0.05) is 0 Å². The summed E-state index contributed by atoms with van der Waals surface area (Å²) in [4.78, 5) is 0. The second-order valence-corrected chi connectivity index (χ2v) is 5.22. The van der Waals surface area contributed by atoms with Crippen molar-refractivity contribution in [3.8, 4) is 0 Å². The smallest absolute Gasteiger partial charge is 0.147 e. The van der Waals surface area contributed by atoms with E-state index in [1.165, 1.54) is 41.1 Å². The lowest BCUT2D eigenvalue weighted by Gasteiger charge is -2.09. The SMILES string of the molecule is CCC[CH]([AlH2])Cc1ccccc1.Cl. The third kappa shape index (κ3) is 5.37. The summed E-state index contributed by atoms with van der Waals surface area (Å²) in [6.07, 6.45) is 4.03. The first kappa shape index (κ1) is 13.0. The molecule has 0 aromatic heterocycles. The molecular formula is C11H18AlCl. The molecule has 13 heavy (non-hydrogen) atoms. The molecule has 0 saturated carbocycles. The molecule has 72 valence electrons. The summed E-state index contributed by atoms with van der Waals surface area (Å²) in [6, 6.07) is 10.8. The summed E-state index contributed by atoms with van der Waals surface area (Å²) >= 11 is 1.33. The first-order chi connectivity index (χ1) is 5.83. The van der Waals surface area contributed by atoms with E-state index in [1.54, 1.807) is 0 Å². The van der Waals surface area contributed by atoms with Crippen molar-refractivity contribution >= 4 is 28.7 Å². The predicted molar refractivity (Wildman–Crippen MR) is 64.6 cm³/mol. The Balaban J connectivity index is 0.00000144. The Morgan fingerprint density at radius 3 is 2.38 bits per heavy atom. The summed E-state index contributed by atoms with van der Waals surface area (Å²) < 4.78 is 0.970. The molecule has 1 rings (SSSR count). The zero-order valence-corrected chi connectivity index (χ0v) is 11.3. The largest absolute Gasteiger partial charge is 0.216 e. The van der Waals surface area contributed by atoms with Crippen LogP contribution in [0.25, 0.3) is 0 Å². The van der Waals surface area contributed by atoms with E-state index in [0.29, 0.717) is 0 Å². The van der Waals surface area contributed by atoms with E-state index < -0.39 is 0 Å². The number of benzene rings is 1. The molecule has 2 heteroatoms. The van der Waals surface area contributed by atoms with Crippen LogP contribution in [0.3, 0.4) is 0 Å². The standard InChI is InChI=1S/C11H15.Al.ClH.2H/c1-2-3-5-8-11-9-6-4-7-10-11;;;;/h4-7,9-10H,2-3,8H2,1H3;;1H;;.